The lowest BCUT2D eigenvalue weighted by Crippen LogP contribution is -2.11. The molecule has 2 nitrogen and oxygen atoms in total. The first-order chi connectivity index (χ1) is 6.24. The number of nitrogens with one attached hydrogen (secondary N) is 1. The molecule has 13 heavy (non-hydrogen) atoms. The summed E-state index contributed by atoms with van der Waals surface area (Å²) in [5.74, 6) is 0.123. The molecule has 70 valence electrons. The molecule has 0 saturated carbocycles. The van der Waals surface area contributed by atoms with Gasteiger partial charge in [0, 0.05) is 12.1 Å². The second-order valence-corrected chi connectivity index (χ2v) is 3.04. The highest BCUT2D eigenvalue weighted by Crippen LogP contribution is 2.05. The van der Waals surface area contributed by atoms with Crippen molar-refractivity contribution >= 4 is 5.78 Å². The van der Waals surface area contributed by atoms with Crippen LogP contribution in [0.4, 0.5) is 0 Å². The van der Waals surface area contributed by atoms with Crippen LogP contribution < -0.4 is 5.32 Å². The fourth-order valence-electron chi connectivity index (χ4n) is 1.17. The summed E-state index contributed by atoms with van der Waals surface area (Å²) in [4.78, 5) is 11.1. The number of rotatable bonds is 4. The van der Waals surface area contributed by atoms with Gasteiger partial charge in [0.1, 0.15) is 0 Å². The van der Waals surface area contributed by atoms with E-state index >= 15 is 0 Å². The van der Waals surface area contributed by atoms with Crippen molar-refractivity contribution in [3.05, 3.63) is 35.4 Å². The van der Waals surface area contributed by atoms with Gasteiger partial charge in [-0.3, -0.25) is 4.79 Å². The zero-order chi connectivity index (χ0) is 9.68. The van der Waals surface area contributed by atoms with Crippen LogP contribution in [0.3, 0.4) is 0 Å². The molecule has 0 saturated heterocycles. The molecule has 1 aromatic rings. The minimum Gasteiger partial charge on any atom is -0.313 e. The molecule has 1 aromatic carbocycles. The van der Waals surface area contributed by atoms with Crippen LogP contribution in [-0.2, 0) is 6.54 Å². The van der Waals surface area contributed by atoms with E-state index in [1.54, 1.807) is 6.92 Å². The number of carbonyl (C=O) groups is 1. The summed E-state index contributed by atoms with van der Waals surface area (Å²) < 4.78 is 0. The summed E-state index contributed by atoms with van der Waals surface area (Å²) >= 11 is 0. The van der Waals surface area contributed by atoms with E-state index < -0.39 is 0 Å². The molecule has 0 aliphatic heterocycles. The van der Waals surface area contributed by atoms with Crippen LogP contribution in [0.1, 0.15) is 29.8 Å². The molecule has 0 aliphatic carbocycles. The molecule has 0 aromatic heterocycles. The van der Waals surface area contributed by atoms with Crippen molar-refractivity contribution in [3.8, 4) is 0 Å². The minimum absolute atomic E-state index is 0.123. The predicted octanol–water partition coefficient (Wildman–Crippen LogP) is 2.00. The van der Waals surface area contributed by atoms with Crippen molar-refractivity contribution in [2.45, 2.75) is 20.4 Å². The maximum absolute atomic E-state index is 11.1. The highest BCUT2D eigenvalue weighted by atomic mass is 16.1. The fraction of sp³-hybridized carbons (Fsp3) is 0.364. The van der Waals surface area contributed by atoms with Gasteiger partial charge in [-0.2, -0.15) is 0 Å². The first-order valence-electron chi connectivity index (χ1n) is 4.54. The molecule has 0 spiro atoms. The second kappa shape index (κ2) is 4.77. The summed E-state index contributed by atoms with van der Waals surface area (Å²) in [5.41, 5.74) is 1.95. The van der Waals surface area contributed by atoms with Gasteiger partial charge in [0.2, 0.25) is 0 Å². The zero-order valence-electron chi connectivity index (χ0n) is 8.13. The molecular formula is C11H15NO. The molecule has 0 radical (unpaired) electrons. The zero-order valence-corrected chi connectivity index (χ0v) is 8.13. The number of hydrogen-bond donors (Lipinski definition) is 1. The Labute approximate surface area is 79.0 Å². The molecule has 0 atom stereocenters. The van der Waals surface area contributed by atoms with Crippen LogP contribution in [0.5, 0.6) is 0 Å². The molecule has 0 bridgehead atoms. The molecule has 0 aliphatic rings. The van der Waals surface area contributed by atoms with Gasteiger partial charge in [0.15, 0.2) is 5.78 Å². The average Bonchev–Trinajstić information content (AvgIpc) is 2.15. The van der Waals surface area contributed by atoms with E-state index in [0.29, 0.717) is 0 Å². The SMILES string of the molecule is CCNCc1cccc(C(C)=O)c1. The number of ketones is 1. The fourth-order valence-corrected chi connectivity index (χ4v) is 1.17. The van der Waals surface area contributed by atoms with Crippen molar-refractivity contribution in [1.29, 1.82) is 0 Å². The van der Waals surface area contributed by atoms with Crippen LogP contribution >= 0.6 is 0 Å². The summed E-state index contributed by atoms with van der Waals surface area (Å²) in [6.07, 6.45) is 0. The largest absolute Gasteiger partial charge is 0.313 e. The maximum Gasteiger partial charge on any atom is 0.159 e. The van der Waals surface area contributed by atoms with Gasteiger partial charge in [-0.05, 0) is 25.1 Å². The van der Waals surface area contributed by atoms with E-state index in [1.807, 2.05) is 24.3 Å². The summed E-state index contributed by atoms with van der Waals surface area (Å²) in [6.45, 7) is 5.43. The van der Waals surface area contributed by atoms with Gasteiger partial charge in [-0.1, -0.05) is 25.1 Å². The Bertz CT molecular complexity index is 294. The van der Waals surface area contributed by atoms with Crippen molar-refractivity contribution < 1.29 is 4.79 Å². The molecule has 2 heteroatoms. The average molecular weight is 177 g/mol. The minimum atomic E-state index is 0.123. The monoisotopic (exact) mass is 177 g/mol. The number of hydrogen-bond acceptors (Lipinski definition) is 2. The van der Waals surface area contributed by atoms with Crippen LogP contribution in [0.25, 0.3) is 0 Å². The van der Waals surface area contributed by atoms with Crippen LogP contribution in [-0.4, -0.2) is 12.3 Å². The van der Waals surface area contributed by atoms with Crippen molar-refractivity contribution in [3.63, 3.8) is 0 Å². The first kappa shape index (κ1) is 9.93. The third kappa shape index (κ3) is 2.99. The normalized spacial score (nSPS) is 10.0. The molecular weight excluding hydrogens is 162 g/mol. The van der Waals surface area contributed by atoms with Crippen LogP contribution in [0, 0.1) is 0 Å². The predicted molar refractivity (Wildman–Crippen MR) is 53.8 cm³/mol. The van der Waals surface area contributed by atoms with E-state index in [1.165, 1.54) is 0 Å². The Morgan fingerprint density at radius 2 is 2.23 bits per heavy atom. The molecule has 1 N–H and O–H groups in total. The van der Waals surface area contributed by atoms with Crippen LogP contribution in [0.15, 0.2) is 24.3 Å². The lowest BCUT2D eigenvalue weighted by Gasteiger charge is -2.03. The number of carbonyl (C=O) groups excluding carboxylic acids is 1. The molecule has 0 heterocycles. The number of Topliss-reactive ketones (excluding diaryl/α,β-unsaturated/α-hetero) is 1. The lowest BCUT2D eigenvalue weighted by atomic mass is 10.1. The maximum atomic E-state index is 11.1. The van der Waals surface area contributed by atoms with Gasteiger partial charge in [-0.15, -0.1) is 0 Å². The Morgan fingerprint density at radius 1 is 1.46 bits per heavy atom. The Morgan fingerprint density at radius 3 is 2.85 bits per heavy atom. The molecule has 1 rings (SSSR count). The van der Waals surface area contributed by atoms with E-state index in [2.05, 4.69) is 12.2 Å². The lowest BCUT2D eigenvalue weighted by molar-refractivity contribution is 0.101. The Hall–Kier alpha value is -1.15. The van der Waals surface area contributed by atoms with E-state index in [9.17, 15) is 4.79 Å². The van der Waals surface area contributed by atoms with Gasteiger partial charge in [0.05, 0.1) is 0 Å². The van der Waals surface area contributed by atoms with Gasteiger partial charge < -0.3 is 5.32 Å². The Kier molecular flexibility index (Phi) is 3.65. The third-order valence-corrected chi connectivity index (χ3v) is 1.91. The third-order valence-electron chi connectivity index (χ3n) is 1.91. The van der Waals surface area contributed by atoms with Gasteiger partial charge in [0.25, 0.3) is 0 Å². The summed E-state index contributed by atoms with van der Waals surface area (Å²) in [7, 11) is 0. The quantitative estimate of drug-likeness (QED) is 0.713. The second-order valence-electron chi connectivity index (χ2n) is 3.04. The highest BCUT2D eigenvalue weighted by molar-refractivity contribution is 5.94. The molecule has 0 unspecified atom stereocenters. The summed E-state index contributed by atoms with van der Waals surface area (Å²) in [5, 5.41) is 3.22. The number of benzene rings is 1. The van der Waals surface area contributed by atoms with Gasteiger partial charge >= 0.3 is 0 Å². The van der Waals surface area contributed by atoms with E-state index in [0.717, 1.165) is 24.2 Å². The smallest absolute Gasteiger partial charge is 0.159 e. The highest BCUT2D eigenvalue weighted by Gasteiger charge is 1.99. The molecule has 0 amide bonds. The first-order valence-corrected chi connectivity index (χ1v) is 4.54. The van der Waals surface area contributed by atoms with E-state index in [4.69, 9.17) is 0 Å². The van der Waals surface area contributed by atoms with Crippen molar-refractivity contribution in [1.82, 2.24) is 5.32 Å². The van der Waals surface area contributed by atoms with E-state index in [-0.39, 0.29) is 5.78 Å². The topological polar surface area (TPSA) is 29.1 Å². The van der Waals surface area contributed by atoms with Crippen LogP contribution in [0.2, 0.25) is 0 Å². The Balaban J connectivity index is 2.73. The molecule has 0 fully saturated rings. The van der Waals surface area contributed by atoms with Gasteiger partial charge in [-0.25, -0.2) is 0 Å². The summed E-state index contributed by atoms with van der Waals surface area (Å²) in [6, 6.07) is 7.72. The van der Waals surface area contributed by atoms with Crippen molar-refractivity contribution in [2.24, 2.45) is 0 Å². The standard InChI is InChI=1S/C11H15NO/c1-3-12-8-10-5-4-6-11(7-10)9(2)13/h4-7,12H,3,8H2,1-2H3. The van der Waals surface area contributed by atoms with Crippen molar-refractivity contribution in [2.75, 3.05) is 6.54 Å².